The van der Waals surface area contributed by atoms with Gasteiger partial charge in [0.25, 0.3) is 5.56 Å². The van der Waals surface area contributed by atoms with Crippen LogP contribution in [0.25, 0.3) is 16.6 Å². The zero-order valence-corrected chi connectivity index (χ0v) is 21.7. The quantitative estimate of drug-likeness (QED) is 0.236. The van der Waals surface area contributed by atoms with Crippen LogP contribution in [0.3, 0.4) is 0 Å². The Morgan fingerprint density at radius 2 is 1.88 bits per heavy atom. The van der Waals surface area contributed by atoms with Crippen LogP contribution in [0.4, 0.5) is 27.8 Å². The van der Waals surface area contributed by atoms with Gasteiger partial charge in [0.1, 0.15) is 35.4 Å². The largest absolute Gasteiger partial charge is 0.382 e. The van der Waals surface area contributed by atoms with Crippen LogP contribution in [0.5, 0.6) is 0 Å². The van der Waals surface area contributed by atoms with Crippen LogP contribution in [0.1, 0.15) is 24.4 Å². The van der Waals surface area contributed by atoms with Crippen LogP contribution in [0, 0.1) is 11.3 Å². The number of hydrogen-bond donors (Lipinski definition) is 4. The van der Waals surface area contributed by atoms with Crippen molar-refractivity contribution in [2.24, 2.45) is 0 Å². The first-order valence-corrected chi connectivity index (χ1v) is 12.3. The van der Waals surface area contributed by atoms with Crippen molar-refractivity contribution in [2.45, 2.75) is 13.0 Å². The fraction of sp³-hybridized carbons (Fsp3) is 0.0741. The second kappa shape index (κ2) is 11.1. The van der Waals surface area contributed by atoms with Gasteiger partial charge >= 0.3 is 6.03 Å². The van der Waals surface area contributed by atoms with Gasteiger partial charge in [-0.15, -0.1) is 0 Å². The predicted molar refractivity (Wildman–Crippen MR) is 152 cm³/mol. The minimum atomic E-state index is -0.636. The van der Waals surface area contributed by atoms with E-state index in [2.05, 4.69) is 30.9 Å². The Balaban J connectivity index is 1.58. The number of nitrogens with two attached hydrogens (primary N) is 1. The lowest BCUT2D eigenvalue weighted by Gasteiger charge is -2.21. The molecule has 198 valence electrons. The normalized spacial score (nSPS) is 11.4. The SMILES string of the molecule is CC(Nc1ncnc(N)c1C#N)c1nc2cccc(Cl)c2c(=O)n1-c1cccc(NC(=O)Nc2cccnc2)c1. The van der Waals surface area contributed by atoms with Crippen molar-refractivity contribution in [2.75, 3.05) is 21.7 Å². The van der Waals surface area contributed by atoms with E-state index in [4.69, 9.17) is 22.3 Å². The molecule has 5 rings (SSSR count). The maximum absolute atomic E-state index is 13.9. The molecule has 1 unspecified atom stereocenters. The highest BCUT2D eigenvalue weighted by atomic mass is 35.5. The van der Waals surface area contributed by atoms with Crippen molar-refractivity contribution in [3.05, 3.63) is 100 Å². The second-order valence-electron chi connectivity index (χ2n) is 8.58. The summed E-state index contributed by atoms with van der Waals surface area (Å²) >= 11 is 6.41. The fourth-order valence-corrected chi connectivity index (χ4v) is 4.34. The van der Waals surface area contributed by atoms with E-state index in [1.54, 1.807) is 67.7 Å². The van der Waals surface area contributed by atoms with Crippen molar-refractivity contribution in [3.63, 3.8) is 0 Å². The number of pyridine rings is 1. The molecular formula is C27H21ClN10O2. The Hall–Kier alpha value is -5.54. The van der Waals surface area contributed by atoms with Gasteiger partial charge in [-0.3, -0.25) is 14.3 Å². The highest BCUT2D eigenvalue weighted by Gasteiger charge is 2.21. The third-order valence-electron chi connectivity index (χ3n) is 5.88. The third-order valence-corrected chi connectivity index (χ3v) is 6.20. The van der Waals surface area contributed by atoms with E-state index < -0.39 is 17.6 Å². The minimum Gasteiger partial charge on any atom is -0.382 e. The number of anilines is 4. The third kappa shape index (κ3) is 5.22. The van der Waals surface area contributed by atoms with Gasteiger partial charge in [0.05, 0.1) is 39.5 Å². The van der Waals surface area contributed by atoms with E-state index in [1.807, 2.05) is 6.07 Å². The molecule has 40 heavy (non-hydrogen) atoms. The number of halogens is 1. The first-order chi connectivity index (χ1) is 19.4. The van der Waals surface area contributed by atoms with Gasteiger partial charge < -0.3 is 21.7 Å². The molecule has 0 aliphatic heterocycles. The number of nitrogen functional groups attached to an aromatic ring is 1. The molecule has 0 saturated heterocycles. The van der Waals surface area contributed by atoms with Gasteiger partial charge in [-0.2, -0.15) is 5.26 Å². The number of amides is 2. The number of benzene rings is 2. The Kier molecular flexibility index (Phi) is 7.21. The van der Waals surface area contributed by atoms with Crippen LogP contribution in [-0.4, -0.2) is 30.5 Å². The summed E-state index contributed by atoms with van der Waals surface area (Å²) in [6, 6.07) is 16.0. The van der Waals surface area contributed by atoms with Gasteiger partial charge in [0.2, 0.25) is 0 Å². The van der Waals surface area contributed by atoms with Gasteiger partial charge in [-0.05, 0) is 49.4 Å². The lowest BCUT2D eigenvalue weighted by Crippen LogP contribution is -2.28. The summed E-state index contributed by atoms with van der Waals surface area (Å²) in [5, 5.41) is 18.6. The van der Waals surface area contributed by atoms with Crippen LogP contribution in [0.15, 0.2) is 78.1 Å². The molecule has 3 aromatic heterocycles. The second-order valence-corrected chi connectivity index (χ2v) is 8.98. The molecule has 0 saturated carbocycles. The summed E-state index contributed by atoms with van der Waals surface area (Å²) in [6.45, 7) is 1.76. The van der Waals surface area contributed by atoms with E-state index >= 15 is 0 Å². The lowest BCUT2D eigenvalue weighted by molar-refractivity contribution is 0.262. The van der Waals surface area contributed by atoms with Crippen LogP contribution >= 0.6 is 11.6 Å². The van der Waals surface area contributed by atoms with Crippen LogP contribution in [-0.2, 0) is 0 Å². The van der Waals surface area contributed by atoms with E-state index in [0.717, 1.165) is 0 Å². The molecule has 0 radical (unpaired) electrons. The van der Waals surface area contributed by atoms with E-state index in [0.29, 0.717) is 28.4 Å². The number of nitriles is 1. The first-order valence-electron chi connectivity index (χ1n) is 11.9. The van der Waals surface area contributed by atoms with Crippen molar-refractivity contribution >= 4 is 51.5 Å². The van der Waals surface area contributed by atoms with Crippen molar-refractivity contribution < 1.29 is 4.79 Å². The molecule has 2 aromatic carbocycles. The van der Waals surface area contributed by atoms with Crippen molar-refractivity contribution in [3.8, 4) is 11.8 Å². The summed E-state index contributed by atoms with van der Waals surface area (Å²) in [6.07, 6.45) is 4.35. The molecule has 0 spiro atoms. The average molecular weight is 553 g/mol. The summed E-state index contributed by atoms with van der Waals surface area (Å²) in [7, 11) is 0. The molecular weight excluding hydrogens is 532 g/mol. The number of carbonyl (C=O) groups excluding carboxylic acids is 1. The molecule has 1 atom stereocenters. The lowest BCUT2D eigenvalue weighted by atomic mass is 10.2. The topological polar surface area (TPSA) is 177 Å². The number of aromatic nitrogens is 5. The maximum Gasteiger partial charge on any atom is 0.323 e. The summed E-state index contributed by atoms with van der Waals surface area (Å²) < 4.78 is 1.40. The predicted octanol–water partition coefficient (Wildman–Crippen LogP) is 4.50. The Labute approximate surface area is 232 Å². The number of nitrogens with one attached hydrogen (secondary N) is 3. The number of fused-ring (bicyclic) bond motifs is 1. The van der Waals surface area contributed by atoms with Crippen molar-refractivity contribution in [1.29, 1.82) is 5.26 Å². The number of nitrogens with zero attached hydrogens (tertiary/aromatic N) is 6. The standard InChI is InChI=1S/C27H21ClN10O2/c1-15(34-24-19(12-29)23(30)32-14-33-24)25-37-21-9-3-8-20(28)22(21)26(39)38(25)18-7-2-5-16(11-18)35-27(40)36-17-6-4-10-31-13-17/h2-11,13-15H,1H3,(H2,35,36,40)(H3,30,32,33,34). The van der Waals surface area contributed by atoms with Crippen LogP contribution < -0.4 is 27.2 Å². The molecule has 3 heterocycles. The number of hydrogen-bond acceptors (Lipinski definition) is 9. The molecule has 12 nitrogen and oxygen atoms in total. The molecule has 5 N–H and O–H groups in total. The van der Waals surface area contributed by atoms with Gasteiger partial charge in [0, 0.05) is 11.9 Å². The Morgan fingerprint density at radius 3 is 2.65 bits per heavy atom. The number of carbonyl (C=O) groups is 1. The van der Waals surface area contributed by atoms with E-state index in [1.165, 1.54) is 17.1 Å². The van der Waals surface area contributed by atoms with E-state index in [-0.39, 0.29) is 27.6 Å². The fourth-order valence-electron chi connectivity index (χ4n) is 4.09. The van der Waals surface area contributed by atoms with Gasteiger partial charge in [-0.25, -0.2) is 19.7 Å². The van der Waals surface area contributed by atoms with Crippen molar-refractivity contribution in [1.82, 2.24) is 24.5 Å². The monoisotopic (exact) mass is 552 g/mol. The molecule has 13 heteroatoms. The van der Waals surface area contributed by atoms with Gasteiger partial charge in [0.15, 0.2) is 0 Å². The smallest absolute Gasteiger partial charge is 0.323 e. The van der Waals surface area contributed by atoms with Crippen LogP contribution in [0.2, 0.25) is 5.02 Å². The molecule has 0 bridgehead atoms. The summed E-state index contributed by atoms with van der Waals surface area (Å²) in [4.78, 5) is 43.2. The first kappa shape index (κ1) is 26.1. The zero-order valence-electron chi connectivity index (χ0n) is 21.0. The molecule has 0 aliphatic carbocycles. The van der Waals surface area contributed by atoms with Gasteiger partial charge in [-0.1, -0.05) is 23.7 Å². The molecule has 0 aliphatic rings. The molecule has 2 amide bonds. The highest BCUT2D eigenvalue weighted by molar-refractivity contribution is 6.35. The van der Waals surface area contributed by atoms with E-state index in [9.17, 15) is 14.9 Å². The highest BCUT2D eigenvalue weighted by Crippen LogP contribution is 2.27. The molecule has 0 fully saturated rings. The molecule has 5 aromatic rings. The number of rotatable bonds is 6. The average Bonchev–Trinajstić information content (AvgIpc) is 2.93. The summed E-state index contributed by atoms with van der Waals surface area (Å²) in [5.74, 6) is 0.515. The Morgan fingerprint density at radius 1 is 1.10 bits per heavy atom. The Bertz CT molecular complexity index is 1840. The maximum atomic E-state index is 13.9. The number of urea groups is 1. The summed E-state index contributed by atoms with van der Waals surface area (Å²) in [5.41, 5.74) is 7.25. The minimum absolute atomic E-state index is 0.0196. The zero-order chi connectivity index (χ0) is 28.2.